The molecule has 0 atom stereocenters. The van der Waals surface area contributed by atoms with Crippen LogP contribution in [0.2, 0.25) is 5.02 Å². The van der Waals surface area contributed by atoms with Gasteiger partial charge in [-0.2, -0.15) is 0 Å². The maximum absolute atomic E-state index is 12.3. The third kappa shape index (κ3) is 5.54. The number of hydrogen-bond acceptors (Lipinski definition) is 2. The van der Waals surface area contributed by atoms with Gasteiger partial charge in [0.05, 0.1) is 0 Å². The first-order valence-corrected chi connectivity index (χ1v) is 8.78. The van der Waals surface area contributed by atoms with E-state index in [0.29, 0.717) is 50.5 Å². The van der Waals surface area contributed by atoms with E-state index in [-0.39, 0.29) is 11.8 Å². The zero-order valence-electron chi connectivity index (χ0n) is 13.8. The topological polar surface area (TPSA) is 40.6 Å². The summed E-state index contributed by atoms with van der Waals surface area (Å²) < 4.78 is 0. The van der Waals surface area contributed by atoms with Gasteiger partial charge in [-0.15, -0.1) is 0 Å². The summed E-state index contributed by atoms with van der Waals surface area (Å²) in [6, 6.07) is 7.63. The van der Waals surface area contributed by atoms with Gasteiger partial charge in [-0.25, -0.2) is 0 Å². The van der Waals surface area contributed by atoms with E-state index in [0.717, 1.165) is 18.4 Å². The van der Waals surface area contributed by atoms with Crippen LogP contribution in [-0.2, 0) is 16.0 Å². The second-order valence-corrected chi connectivity index (χ2v) is 6.43. The smallest absolute Gasteiger partial charge is 0.223 e. The summed E-state index contributed by atoms with van der Waals surface area (Å²) in [4.78, 5) is 28.0. The van der Waals surface area contributed by atoms with Crippen LogP contribution in [0.5, 0.6) is 0 Å². The first-order chi connectivity index (χ1) is 11.1. The molecule has 1 aromatic rings. The van der Waals surface area contributed by atoms with Gasteiger partial charge in [0.15, 0.2) is 0 Å². The van der Waals surface area contributed by atoms with Crippen LogP contribution in [0.4, 0.5) is 0 Å². The minimum atomic E-state index is 0.158. The van der Waals surface area contributed by atoms with E-state index in [4.69, 9.17) is 11.6 Å². The average molecular weight is 337 g/mol. The quantitative estimate of drug-likeness (QED) is 0.800. The predicted octanol–water partition coefficient (Wildman–Crippen LogP) is 3.13. The molecule has 23 heavy (non-hydrogen) atoms. The van der Waals surface area contributed by atoms with Gasteiger partial charge in [0.2, 0.25) is 11.8 Å². The summed E-state index contributed by atoms with van der Waals surface area (Å²) in [5.74, 6) is 0.378. The molecule has 1 fully saturated rings. The van der Waals surface area contributed by atoms with Crippen molar-refractivity contribution in [3.05, 3.63) is 34.9 Å². The Hall–Kier alpha value is -1.55. The van der Waals surface area contributed by atoms with Gasteiger partial charge in [-0.05, 0) is 30.5 Å². The molecule has 1 heterocycles. The molecule has 1 aliphatic heterocycles. The van der Waals surface area contributed by atoms with Crippen LogP contribution >= 0.6 is 11.6 Å². The van der Waals surface area contributed by atoms with E-state index in [1.165, 1.54) is 0 Å². The van der Waals surface area contributed by atoms with Crippen LogP contribution in [0, 0.1) is 0 Å². The molecule has 4 nitrogen and oxygen atoms in total. The molecular weight excluding hydrogens is 312 g/mol. The summed E-state index contributed by atoms with van der Waals surface area (Å²) in [6.45, 7) is 4.69. The van der Waals surface area contributed by atoms with Gasteiger partial charge < -0.3 is 9.80 Å². The van der Waals surface area contributed by atoms with E-state index in [1.54, 1.807) is 0 Å². The van der Waals surface area contributed by atoms with Crippen LogP contribution in [0.1, 0.15) is 38.2 Å². The van der Waals surface area contributed by atoms with Crippen molar-refractivity contribution < 1.29 is 9.59 Å². The number of unbranched alkanes of at least 4 members (excludes halogenated alkanes) is 1. The molecule has 1 aliphatic rings. The Kier molecular flexibility index (Phi) is 6.90. The SMILES string of the molecule is CCCCC(=O)N1CCN(C(=O)CCc2cccc(Cl)c2)CC1. The molecule has 0 N–H and O–H groups in total. The van der Waals surface area contributed by atoms with Gasteiger partial charge in [0.25, 0.3) is 0 Å². The van der Waals surface area contributed by atoms with Crippen molar-refractivity contribution in [3.8, 4) is 0 Å². The number of rotatable bonds is 6. The van der Waals surface area contributed by atoms with Crippen molar-refractivity contribution in [1.29, 1.82) is 0 Å². The molecule has 1 saturated heterocycles. The highest BCUT2D eigenvalue weighted by Gasteiger charge is 2.23. The minimum Gasteiger partial charge on any atom is -0.339 e. The molecule has 0 spiro atoms. The molecule has 1 aromatic carbocycles. The number of carbonyl (C=O) groups is 2. The number of hydrogen-bond donors (Lipinski definition) is 0. The van der Waals surface area contributed by atoms with E-state index in [9.17, 15) is 9.59 Å². The Labute approximate surface area is 143 Å². The second-order valence-electron chi connectivity index (χ2n) is 6.00. The Morgan fingerprint density at radius 1 is 1.04 bits per heavy atom. The van der Waals surface area contributed by atoms with Crippen LogP contribution in [-0.4, -0.2) is 47.8 Å². The third-order valence-corrected chi connectivity index (χ3v) is 4.48. The normalized spacial score (nSPS) is 14.9. The molecule has 0 saturated carbocycles. The lowest BCUT2D eigenvalue weighted by molar-refractivity contribution is -0.139. The fourth-order valence-corrected chi connectivity index (χ4v) is 3.01. The Bertz CT molecular complexity index is 540. The molecule has 5 heteroatoms. The van der Waals surface area contributed by atoms with Crippen LogP contribution in [0.15, 0.2) is 24.3 Å². The van der Waals surface area contributed by atoms with Crippen LogP contribution in [0.25, 0.3) is 0 Å². The summed E-state index contributed by atoms with van der Waals surface area (Å²) in [5.41, 5.74) is 1.08. The molecule has 126 valence electrons. The predicted molar refractivity (Wildman–Crippen MR) is 92.5 cm³/mol. The Morgan fingerprint density at radius 3 is 2.22 bits per heavy atom. The van der Waals surface area contributed by atoms with Crippen LogP contribution < -0.4 is 0 Å². The molecule has 0 unspecified atom stereocenters. The van der Waals surface area contributed by atoms with E-state index >= 15 is 0 Å². The first-order valence-electron chi connectivity index (χ1n) is 8.40. The maximum Gasteiger partial charge on any atom is 0.223 e. The summed E-state index contributed by atoms with van der Waals surface area (Å²) >= 11 is 5.96. The average Bonchev–Trinajstić information content (AvgIpc) is 2.57. The summed E-state index contributed by atoms with van der Waals surface area (Å²) in [5, 5.41) is 0.703. The standard InChI is InChI=1S/C18H25ClN2O2/c1-2-3-7-17(22)20-10-12-21(13-11-20)18(23)9-8-15-5-4-6-16(19)14-15/h4-6,14H,2-3,7-13H2,1H3. The number of nitrogens with zero attached hydrogens (tertiary/aromatic N) is 2. The summed E-state index contributed by atoms with van der Waals surface area (Å²) in [6.07, 6.45) is 3.80. The monoisotopic (exact) mass is 336 g/mol. The largest absolute Gasteiger partial charge is 0.339 e. The van der Waals surface area contributed by atoms with Gasteiger partial charge in [-0.1, -0.05) is 37.1 Å². The fourth-order valence-electron chi connectivity index (χ4n) is 2.79. The molecule has 2 rings (SSSR count). The Balaban J connectivity index is 1.74. The number of amides is 2. The summed E-state index contributed by atoms with van der Waals surface area (Å²) in [7, 11) is 0. The molecule has 2 amide bonds. The highest BCUT2D eigenvalue weighted by Crippen LogP contribution is 2.13. The lowest BCUT2D eigenvalue weighted by Crippen LogP contribution is -2.50. The van der Waals surface area contributed by atoms with E-state index in [2.05, 4.69) is 6.92 Å². The third-order valence-electron chi connectivity index (χ3n) is 4.25. The second kappa shape index (κ2) is 8.92. The highest BCUT2D eigenvalue weighted by molar-refractivity contribution is 6.30. The zero-order valence-corrected chi connectivity index (χ0v) is 14.5. The van der Waals surface area contributed by atoms with Gasteiger partial charge >= 0.3 is 0 Å². The molecule has 0 aromatic heterocycles. The molecule has 0 radical (unpaired) electrons. The highest BCUT2D eigenvalue weighted by atomic mass is 35.5. The van der Waals surface area contributed by atoms with Crippen molar-refractivity contribution >= 4 is 23.4 Å². The van der Waals surface area contributed by atoms with E-state index < -0.39 is 0 Å². The molecule has 0 aliphatic carbocycles. The van der Waals surface area contributed by atoms with Crippen LogP contribution in [0.3, 0.4) is 0 Å². The van der Waals surface area contributed by atoms with Gasteiger partial charge in [0, 0.05) is 44.0 Å². The lowest BCUT2D eigenvalue weighted by Gasteiger charge is -2.35. The number of aryl methyl sites for hydroxylation is 1. The lowest BCUT2D eigenvalue weighted by atomic mass is 10.1. The minimum absolute atomic E-state index is 0.158. The number of benzene rings is 1. The van der Waals surface area contributed by atoms with Crippen molar-refractivity contribution in [2.45, 2.75) is 39.0 Å². The maximum atomic E-state index is 12.3. The fraction of sp³-hybridized carbons (Fsp3) is 0.556. The Morgan fingerprint density at radius 2 is 1.65 bits per heavy atom. The molecule has 0 bridgehead atoms. The first kappa shape index (κ1) is 17.8. The number of piperazine rings is 1. The van der Waals surface area contributed by atoms with Crippen molar-refractivity contribution in [3.63, 3.8) is 0 Å². The van der Waals surface area contributed by atoms with Gasteiger partial charge in [-0.3, -0.25) is 9.59 Å². The number of carbonyl (C=O) groups excluding carboxylic acids is 2. The van der Waals surface area contributed by atoms with Crippen molar-refractivity contribution in [2.75, 3.05) is 26.2 Å². The number of halogens is 1. The molecular formula is C18H25ClN2O2. The van der Waals surface area contributed by atoms with E-state index in [1.807, 2.05) is 34.1 Å². The van der Waals surface area contributed by atoms with Crippen molar-refractivity contribution in [2.24, 2.45) is 0 Å². The van der Waals surface area contributed by atoms with Gasteiger partial charge in [0.1, 0.15) is 0 Å². The zero-order chi connectivity index (χ0) is 16.7. The van der Waals surface area contributed by atoms with Crippen molar-refractivity contribution in [1.82, 2.24) is 9.80 Å².